The molecule has 0 bridgehead atoms. The molecule has 2 fully saturated rings. The van der Waals surface area contributed by atoms with Crippen molar-refractivity contribution in [1.82, 2.24) is 9.80 Å². The number of rotatable bonds is 5. The molecule has 2 aliphatic rings. The van der Waals surface area contributed by atoms with Crippen molar-refractivity contribution in [3.63, 3.8) is 0 Å². The molecule has 7 nitrogen and oxygen atoms in total. The molecule has 0 saturated carbocycles. The van der Waals surface area contributed by atoms with Gasteiger partial charge in [0.1, 0.15) is 12.3 Å². The van der Waals surface area contributed by atoms with Crippen LogP contribution in [0.4, 0.5) is 4.79 Å². The van der Waals surface area contributed by atoms with Gasteiger partial charge in [-0.05, 0) is 72.6 Å². The molecule has 0 radical (unpaired) electrons. The Labute approximate surface area is 197 Å². The number of ether oxygens (including phenoxy) is 1. The standard InChI is InChI=1S/C23H19BrN2O5S/c24-17-7-5-16(6-8-17)22(29)31-18-9-3-15(4-10-18)13-19-21(28)26(23(30)32-19)14-20(27)25-11-1-2-12-25/h3-10,13H,1-2,11-12,14H2/b19-13-. The van der Waals surface area contributed by atoms with Gasteiger partial charge in [-0.25, -0.2) is 4.79 Å². The minimum Gasteiger partial charge on any atom is -0.423 e. The highest BCUT2D eigenvalue weighted by Gasteiger charge is 2.37. The van der Waals surface area contributed by atoms with E-state index in [9.17, 15) is 19.2 Å². The van der Waals surface area contributed by atoms with Crippen molar-refractivity contribution in [2.75, 3.05) is 19.6 Å². The first-order chi connectivity index (χ1) is 15.4. The second-order valence-electron chi connectivity index (χ2n) is 7.32. The zero-order valence-electron chi connectivity index (χ0n) is 17.0. The number of amides is 3. The van der Waals surface area contributed by atoms with Crippen molar-refractivity contribution in [1.29, 1.82) is 0 Å². The van der Waals surface area contributed by atoms with Crippen LogP contribution in [0.25, 0.3) is 6.08 Å². The summed E-state index contributed by atoms with van der Waals surface area (Å²) in [6.07, 6.45) is 3.48. The van der Waals surface area contributed by atoms with Crippen LogP contribution in [0, 0.1) is 0 Å². The first-order valence-corrected chi connectivity index (χ1v) is 11.6. The normalized spacial score (nSPS) is 17.3. The fourth-order valence-electron chi connectivity index (χ4n) is 3.37. The maximum absolute atomic E-state index is 12.6. The van der Waals surface area contributed by atoms with Crippen molar-refractivity contribution in [3.8, 4) is 5.75 Å². The number of carbonyl (C=O) groups is 4. The molecule has 2 aromatic rings. The van der Waals surface area contributed by atoms with Gasteiger partial charge >= 0.3 is 5.97 Å². The van der Waals surface area contributed by atoms with Crippen LogP contribution in [0.2, 0.25) is 0 Å². The summed E-state index contributed by atoms with van der Waals surface area (Å²) in [4.78, 5) is 52.4. The van der Waals surface area contributed by atoms with Crippen molar-refractivity contribution in [2.45, 2.75) is 12.8 Å². The third-order valence-corrected chi connectivity index (χ3v) is 6.53. The van der Waals surface area contributed by atoms with Gasteiger partial charge in [0, 0.05) is 17.6 Å². The van der Waals surface area contributed by atoms with Gasteiger partial charge in [0.15, 0.2) is 0 Å². The number of benzene rings is 2. The van der Waals surface area contributed by atoms with Gasteiger partial charge < -0.3 is 9.64 Å². The molecule has 0 atom stereocenters. The molecule has 2 saturated heterocycles. The third-order valence-electron chi connectivity index (χ3n) is 5.09. The molecule has 4 rings (SSSR count). The van der Waals surface area contributed by atoms with E-state index in [1.807, 2.05) is 0 Å². The van der Waals surface area contributed by atoms with E-state index in [4.69, 9.17) is 4.74 Å². The van der Waals surface area contributed by atoms with Crippen LogP contribution in [0.15, 0.2) is 57.9 Å². The monoisotopic (exact) mass is 514 g/mol. The molecule has 0 aliphatic carbocycles. The van der Waals surface area contributed by atoms with Crippen molar-refractivity contribution >= 4 is 56.8 Å². The highest BCUT2D eigenvalue weighted by atomic mass is 79.9. The predicted molar refractivity (Wildman–Crippen MR) is 124 cm³/mol. The molecular weight excluding hydrogens is 496 g/mol. The Hall–Kier alpha value is -2.91. The van der Waals surface area contributed by atoms with Crippen LogP contribution in [0.5, 0.6) is 5.75 Å². The lowest BCUT2D eigenvalue weighted by Crippen LogP contribution is -2.40. The summed E-state index contributed by atoms with van der Waals surface area (Å²) in [6.45, 7) is 1.11. The van der Waals surface area contributed by atoms with E-state index in [0.717, 1.165) is 34.0 Å². The molecule has 3 amide bonds. The zero-order chi connectivity index (χ0) is 22.7. The lowest BCUT2D eigenvalue weighted by Gasteiger charge is -2.18. The predicted octanol–water partition coefficient (Wildman–Crippen LogP) is 4.33. The number of hydrogen-bond donors (Lipinski definition) is 0. The molecule has 0 N–H and O–H groups in total. The maximum Gasteiger partial charge on any atom is 0.343 e. The molecule has 32 heavy (non-hydrogen) atoms. The van der Waals surface area contributed by atoms with Crippen LogP contribution in [-0.2, 0) is 9.59 Å². The fourth-order valence-corrected chi connectivity index (χ4v) is 4.48. The smallest absolute Gasteiger partial charge is 0.343 e. The van der Waals surface area contributed by atoms with Gasteiger partial charge in [-0.2, -0.15) is 0 Å². The first kappa shape index (κ1) is 22.3. The van der Waals surface area contributed by atoms with Crippen LogP contribution in [-0.4, -0.2) is 52.5 Å². The summed E-state index contributed by atoms with van der Waals surface area (Å²) in [7, 11) is 0. The summed E-state index contributed by atoms with van der Waals surface area (Å²) in [5, 5.41) is -0.450. The lowest BCUT2D eigenvalue weighted by molar-refractivity contribution is -0.135. The minimum atomic E-state index is -0.478. The number of hydrogen-bond acceptors (Lipinski definition) is 6. The van der Waals surface area contributed by atoms with Gasteiger partial charge in [0.2, 0.25) is 5.91 Å². The number of imide groups is 1. The summed E-state index contributed by atoms with van der Waals surface area (Å²) in [5.41, 5.74) is 1.10. The number of carbonyl (C=O) groups excluding carboxylic acids is 4. The Kier molecular flexibility index (Phi) is 6.76. The molecule has 2 aromatic carbocycles. The molecule has 9 heteroatoms. The maximum atomic E-state index is 12.6. The SMILES string of the molecule is O=C(Oc1ccc(/C=C2\SC(=O)N(CC(=O)N3CCCC3)C2=O)cc1)c1ccc(Br)cc1. The van der Waals surface area contributed by atoms with E-state index in [1.165, 1.54) is 0 Å². The van der Waals surface area contributed by atoms with Gasteiger partial charge in [0.25, 0.3) is 11.1 Å². The number of likely N-dealkylation sites (tertiary alicyclic amines) is 1. The molecule has 164 valence electrons. The van der Waals surface area contributed by atoms with E-state index >= 15 is 0 Å². The number of nitrogens with zero attached hydrogens (tertiary/aromatic N) is 2. The van der Waals surface area contributed by atoms with Crippen LogP contribution >= 0.6 is 27.7 Å². The lowest BCUT2D eigenvalue weighted by atomic mass is 10.2. The van der Waals surface area contributed by atoms with E-state index in [0.29, 0.717) is 30.0 Å². The Bertz CT molecular complexity index is 1090. The third kappa shape index (κ3) is 5.11. The highest BCUT2D eigenvalue weighted by molar-refractivity contribution is 9.10. The van der Waals surface area contributed by atoms with Crippen LogP contribution in [0.1, 0.15) is 28.8 Å². The number of halogens is 1. The Morgan fingerprint density at radius 1 is 1.00 bits per heavy atom. The second kappa shape index (κ2) is 9.70. The van der Waals surface area contributed by atoms with Gasteiger partial charge in [0.05, 0.1) is 10.5 Å². The molecular formula is C23H19BrN2O5S. The number of esters is 1. The Balaban J connectivity index is 1.39. The van der Waals surface area contributed by atoms with Gasteiger partial charge in [-0.3, -0.25) is 19.3 Å². The van der Waals surface area contributed by atoms with E-state index in [1.54, 1.807) is 59.5 Å². The number of thioether (sulfide) groups is 1. The average Bonchev–Trinajstić information content (AvgIpc) is 3.41. The quantitative estimate of drug-likeness (QED) is 0.335. The van der Waals surface area contributed by atoms with Crippen LogP contribution in [0.3, 0.4) is 0 Å². The Morgan fingerprint density at radius 3 is 2.31 bits per heavy atom. The van der Waals surface area contributed by atoms with Crippen LogP contribution < -0.4 is 4.74 Å². The summed E-state index contributed by atoms with van der Waals surface area (Å²) in [6, 6.07) is 13.4. The largest absolute Gasteiger partial charge is 0.423 e. The second-order valence-corrected chi connectivity index (χ2v) is 9.23. The van der Waals surface area contributed by atoms with Crippen molar-refractivity contribution in [2.24, 2.45) is 0 Å². The average molecular weight is 515 g/mol. The molecule has 0 aromatic heterocycles. The van der Waals surface area contributed by atoms with Crippen molar-refractivity contribution in [3.05, 3.63) is 69.0 Å². The Morgan fingerprint density at radius 2 is 1.66 bits per heavy atom. The van der Waals surface area contributed by atoms with E-state index in [2.05, 4.69) is 15.9 Å². The topological polar surface area (TPSA) is 84.0 Å². The first-order valence-electron chi connectivity index (χ1n) is 10.0. The summed E-state index contributed by atoms with van der Waals surface area (Å²) >= 11 is 4.13. The zero-order valence-corrected chi connectivity index (χ0v) is 19.4. The van der Waals surface area contributed by atoms with Crippen molar-refractivity contribution < 1.29 is 23.9 Å². The van der Waals surface area contributed by atoms with E-state index in [-0.39, 0.29) is 17.4 Å². The molecule has 2 heterocycles. The summed E-state index contributed by atoms with van der Waals surface area (Å²) in [5.74, 6) is -0.797. The molecule has 0 spiro atoms. The van der Waals surface area contributed by atoms with Gasteiger partial charge in [-0.15, -0.1) is 0 Å². The van der Waals surface area contributed by atoms with Gasteiger partial charge in [-0.1, -0.05) is 28.1 Å². The fraction of sp³-hybridized carbons (Fsp3) is 0.217. The van der Waals surface area contributed by atoms with E-state index < -0.39 is 17.1 Å². The molecule has 2 aliphatic heterocycles. The minimum absolute atomic E-state index is 0.206. The molecule has 0 unspecified atom stereocenters. The highest BCUT2D eigenvalue weighted by Crippen LogP contribution is 2.32. The summed E-state index contributed by atoms with van der Waals surface area (Å²) < 4.78 is 6.23.